The molecule has 0 saturated heterocycles. The highest BCUT2D eigenvalue weighted by Crippen LogP contribution is 2.29. The molecule has 1 aromatic heterocycles. The second-order valence-corrected chi connectivity index (χ2v) is 6.68. The number of nitrogens with one attached hydrogen (secondary N) is 1. The number of anilines is 3. The summed E-state index contributed by atoms with van der Waals surface area (Å²) >= 11 is 0. The quantitative estimate of drug-likeness (QED) is 0.689. The smallest absolute Gasteiger partial charge is 0.339 e. The number of fused-ring (bicyclic) bond motifs is 1. The molecule has 4 rings (SSSR count). The first-order valence-corrected chi connectivity index (χ1v) is 9.26. The molecule has 0 aliphatic carbocycles. The molecule has 0 saturated carbocycles. The van der Waals surface area contributed by atoms with Crippen LogP contribution in [0.4, 0.5) is 17.2 Å². The normalized spacial score (nSPS) is 12.4. The van der Waals surface area contributed by atoms with Crippen LogP contribution in [0.15, 0.2) is 54.6 Å². The number of ether oxygens (including phenoxy) is 1. The first-order valence-electron chi connectivity index (χ1n) is 9.26. The number of hydrogen-bond donors (Lipinski definition) is 1. The number of methoxy groups -OCH3 is 1. The SMILES string of the molecule is COC(=O)c1ccccc1Nc1cc(C(=O)N2CCc3ccccc32)nc(C)n1. The Morgan fingerprint density at radius 3 is 2.66 bits per heavy atom. The first kappa shape index (κ1) is 18.6. The summed E-state index contributed by atoms with van der Waals surface area (Å²) in [5, 5.41) is 3.11. The number of carbonyl (C=O) groups is 2. The summed E-state index contributed by atoms with van der Waals surface area (Å²) in [6, 6.07) is 16.4. The van der Waals surface area contributed by atoms with Gasteiger partial charge < -0.3 is 15.0 Å². The highest BCUT2D eigenvalue weighted by Gasteiger charge is 2.26. The number of hydrogen-bond acceptors (Lipinski definition) is 6. The van der Waals surface area contributed by atoms with E-state index in [0.29, 0.717) is 35.1 Å². The van der Waals surface area contributed by atoms with Gasteiger partial charge in [0.05, 0.1) is 18.4 Å². The van der Waals surface area contributed by atoms with Crippen molar-refractivity contribution in [3.05, 3.63) is 77.2 Å². The summed E-state index contributed by atoms with van der Waals surface area (Å²) < 4.78 is 4.83. The molecule has 2 heterocycles. The summed E-state index contributed by atoms with van der Waals surface area (Å²) in [5.41, 5.74) is 3.29. The number of aryl methyl sites for hydroxylation is 1. The van der Waals surface area contributed by atoms with E-state index in [0.717, 1.165) is 17.7 Å². The molecule has 2 aromatic carbocycles. The van der Waals surface area contributed by atoms with Gasteiger partial charge in [0, 0.05) is 18.3 Å². The van der Waals surface area contributed by atoms with Crippen LogP contribution in [-0.2, 0) is 11.2 Å². The van der Waals surface area contributed by atoms with E-state index in [1.54, 1.807) is 42.2 Å². The van der Waals surface area contributed by atoms with Gasteiger partial charge in [-0.05, 0) is 37.1 Å². The molecule has 0 fully saturated rings. The molecule has 0 bridgehead atoms. The fourth-order valence-corrected chi connectivity index (χ4v) is 3.45. The molecule has 0 radical (unpaired) electrons. The van der Waals surface area contributed by atoms with Crippen molar-refractivity contribution in [2.45, 2.75) is 13.3 Å². The molecule has 7 nitrogen and oxygen atoms in total. The number of esters is 1. The van der Waals surface area contributed by atoms with Crippen molar-refractivity contribution < 1.29 is 14.3 Å². The lowest BCUT2D eigenvalue weighted by Crippen LogP contribution is -2.30. The van der Waals surface area contributed by atoms with E-state index in [1.165, 1.54) is 7.11 Å². The zero-order chi connectivity index (χ0) is 20.4. The van der Waals surface area contributed by atoms with Crippen LogP contribution >= 0.6 is 0 Å². The molecule has 3 aromatic rings. The Bertz CT molecular complexity index is 1100. The zero-order valence-corrected chi connectivity index (χ0v) is 16.2. The number of aromatic nitrogens is 2. The van der Waals surface area contributed by atoms with Gasteiger partial charge in [-0.1, -0.05) is 30.3 Å². The minimum Gasteiger partial charge on any atom is -0.465 e. The number of nitrogens with zero attached hydrogens (tertiary/aromatic N) is 3. The standard InChI is InChI=1S/C22H20N4O3/c1-14-23-18(21(27)26-12-11-15-7-3-6-10-19(15)26)13-20(24-14)25-17-9-5-4-8-16(17)22(28)29-2/h3-10,13H,11-12H2,1-2H3,(H,23,24,25). The van der Waals surface area contributed by atoms with Crippen LogP contribution in [0, 0.1) is 6.92 Å². The van der Waals surface area contributed by atoms with Crippen LogP contribution in [0.1, 0.15) is 32.2 Å². The molecule has 1 aliphatic heterocycles. The number of amides is 1. The topological polar surface area (TPSA) is 84.4 Å². The summed E-state index contributed by atoms with van der Waals surface area (Å²) in [6.45, 7) is 2.35. The maximum atomic E-state index is 13.1. The molecule has 29 heavy (non-hydrogen) atoms. The van der Waals surface area contributed by atoms with Gasteiger partial charge in [0.2, 0.25) is 0 Å². The molecular formula is C22H20N4O3. The first-order chi connectivity index (χ1) is 14.1. The molecule has 1 N–H and O–H groups in total. The van der Waals surface area contributed by atoms with Gasteiger partial charge in [-0.3, -0.25) is 4.79 Å². The van der Waals surface area contributed by atoms with Crippen LogP contribution in [0.2, 0.25) is 0 Å². The molecule has 1 aliphatic rings. The Hall–Kier alpha value is -3.74. The molecule has 7 heteroatoms. The van der Waals surface area contributed by atoms with Gasteiger partial charge in [0.25, 0.3) is 5.91 Å². The lowest BCUT2D eigenvalue weighted by atomic mass is 10.1. The number of benzene rings is 2. The fourth-order valence-electron chi connectivity index (χ4n) is 3.45. The average molecular weight is 388 g/mol. The van der Waals surface area contributed by atoms with Crippen LogP contribution in [0.5, 0.6) is 0 Å². The Balaban J connectivity index is 1.64. The van der Waals surface area contributed by atoms with Crippen molar-refractivity contribution in [3.8, 4) is 0 Å². The third kappa shape index (κ3) is 3.67. The largest absolute Gasteiger partial charge is 0.465 e. The maximum absolute atomic E-state index is 13.1. The van der Waals surface area contributed by atoms with E-state index in [1.807, 2.05) is 24.3 Å². The van der Waals surface area contributed by atoms with Crippen molar-refractivity contribution in [1.29, 1.82) is 0 Å². The van der Waals surface area contributed by atoms with E-state index < -0.39 is 5.97 Å². The Morgan fingerprint density at radius 1 is 1.07 bits per heavy atom. The minimum absolute atomic E-state index is 0.176. The predicted octanol–water partition coefficient (Wildman–Crippen LogP) is 3.52. The van der Waals surface area contributed by atoms with Gasteiger partial charge in [0.15, 0.2) is 0 Å². The third-order valence-electron chi connectivity index (χ3n) is 4.78. The number of rotatable bonds is 4. The van der Waals surface area contributed by atoms with Gasteiger partial charge >= 0.3 is 5.97 Å². The second-order valence-electron chi connectivity index (χ2n) is 6.68. The molecule has 0 unspecified atom stereocenters. The van der Waals surface area contributed by atoms with Crippen molar-refractivity contribution in [2.24, 2.45) is 0 Å². The number of carbonyl (C=O) groups excluding carboxylic acids is 2. The fraction of sp³-hybridized carbons (Fsp3) is 0.182. The molecular weight excluding hydrogens is 368 g/mol. The molecule has 0 atom stereocenters. The van der Waals surface area contributed by atoms with Crippen molar-refractivity contribution in [2.75, 3.05) is 23.9 Å². The summed E-state index contributed by atoms with van der Waals surface area (Å²) in [6.07, 6.45) is 0.823. The van der Waals surface area contributed by atoms with Gasteiger partial charge in [-0.15, -0.1) is 0 Å². The van der Waals surface area contributed by atoms with Crippen LogP contribution < -0.4 is 10.2 Å². The summed E-state index contributed by atoms with van der Waals surface area (Å²) in [7, 11) is 1.33. The van der Waals surface area contributed by atoms with Crippen molar-refractivity contribution in [1.82, 2.24) is 9.97 Å². The average Bonchev–Trinajstić information content (AvgIpc) is 3.17. The van der Waals surface area contributed by atoms with Crippen LogP contribution in [0.3, 0.4) is 0 Å². The minimum atomic E-state index is -0.455. The molecule has 1 amide bonds. The van der Waals surface area contributed by atoms with Gasteiger partial charge in [-0.25, -0.2) is 14.8 Å². The van der Waals surface area contributed by atoms with E-state index in [9.17, 15) is 9.59 Å². The van der Waals surface area contributed by atoms with Crippen LogP contribution in [-0.4, -0.2) is 35.5 Å². The predicted molar refractivity (Wildman–Crippen MR) is 110 cm³/mol. The third-order valence-corrected chi connectivity index (χ3v) is 4.78. The Kier molecular flexibility index (Phi) is 4.95. The Labute approximate surface area is 168 Å². The summed E-state index contributed by atoms with van der Waals surface area (Å²) in [5.74, 6) is 0.264. The van der Waals surface area contributed by atoms with Crippen molar-refractivity contribution >= 4 is 29.1 Å². The highest BCUT2D eigenvalue weighted by molar-refractivity contribution is 6.06. The molecule has 146 valence electrons. The zero-order valence-electron chi connectivity index (χ0n) is 16.2. The van der Waals surface area contributed by atoms with E-state index in [-0.39, 0.29) is 5.91 Å². The molecule has 0 spiro atoms. The lowest BCUT2D eigenvalue weighted by molar-refractivity contribution is 0.0601. The van der Waals surface area contributed by atoms with E-state index in [4.69, 9.17) is 4.74 Å². The highest BCUT2D eigenvalue weighted by atomic mass is 16.5. The lowest BCUT2D eigenvalue weighted by Gasteiger charge is -2.17. The monoisotopic (exact) mass is 388 g/mol. The van der Waals surface area contributed by atoms with Gasteiger partial charge in [0.1, 0.15) is 17.3 Å². The van der Waals surface area contributed by atoms with Gasteiger partial charge in [-0.2, -0.15) is 0 Å². The summed E-state index contributed by atoms with van der Waals surface area (Å²) in [4.78, 5) is 35.6. The van der Waals surface area contributed by atoms with Crippen molar-refractivity contribution in [3.63, 3.8) is 0 Å². The van der Waals surface area contributed by atoms with Crippen LogP contribution in [0.25, 0.3) is 0 Å². The second kappa shape index (κ2) is 7.71. The van der Waals surface area contributed by atoms with E-state index in [2.05, 4.69) is 15.3 Å². The number of para-hydroxylation sites is 2. The maximum Gasteiger partial charge on any atom is 0.339 e. The van der Waals surface area contributed by atoms with E-state index >= 15 is 0 Å². The Morgan fingerprint density at radius 2 is 1.83 bits per heavy atom.